The van der Waals surface area contributed by atoms with E-state index >= 15 is 0 Å². The molecule has 35 heavy (non-hydrogen) atoms. The molecule has 0 unspecified atom stereocenters. The van der Waals surface area contributed by atoms with Crippen LogP contribution in [-0.4, -0.2) is 32.6 Å². The summed E-state index contributed by atoms with van der Waals surface area (Å²) in [6.07, 6.45) is -3.55. The minimum Gasteiger partial charge on any atom is -0.272 e. The van der Waals surface area contributed by atoms with E-state index in [0.29, 0.717) is 16.0 Å². The highest BCUT2D eigenvalue weighted by Gasteiger charge is 2.32. The van der Waals surface area contributed by atoms with Crippen LogP contribution < -0.4 is 5.43 Å². The lowest BCUT2D eigenvalue weighted by atomic mass is 10.1. The number of amides is 1. The lowest BCUT2D eigenvalue weighted by molar-refractivity contribution is -0.137. The maximum absolute atomic E-state index is 13.1. The number of hydrogen-bond donors (Lipinski definition) is 1. The SMILES string of the molecule is O=C(CSc1nnc(-c2ccc(Cl)cc2)n1-c1ccccc1)NN=Cc1ccccc1C(F)(F)F. The average Bonchev–Trinajstić information content (AvgIpc) is 3.27. The van der Waals surface area contributed by atoms with Crippen molar-refractivity contribution in [2.45, 2.75) is 11.3 Å². The van der Waals surface area contributed by atoms with Gasteiger partial charge < -0.3 is 0 Å². The summed E-state index contributed by atoms with van der Waals surface area (Å²) in [5.41, 5.74) is 2.86. The molecule has 0 aliphatic carbocycles. The van der Waals surface area contributed by atoms with E-state index in [1.807, 2.05) is 47.0 Å². The highest BCUT2D eigenvalue weighted by molar-refractivity contribution is 7.99. The minimum absolute atomic E-state index is 0.0795. The molecular weight excluding hydrogens is 499 g/mol. The fourth-order valence-corrected chi connectivity index (χ4v) is 4.03. The lowest BCUT2D eigenvalue weighted by Crippen LogP contribution is -2.20. The molecule has 1 aromatic heterocycles. The third-order valence-electron chi connectivity index (χ3n) is 4.74. The molecule has 11 heteroatoms. The molecule has 1 heterocycles. The van der Waals surface area contributed by atoms with Gasteiger partial charge in [-0.3, -0.25) is 9.36 Å². The first-order valence-corrected chi connectivity index (χ1v) is 11.6. The van der Waals surface area contributed by atoms with Crippen LogP contribution in [0.3, 0.4) is 0 Å². The van der Waals surface area contributed by atoms with Gasteiger partial charge in [-0.25, -0.2) is 5.43 Å². The second-order valence-corrected chi connectivity index (χ2v) is 8.53. The second-order valence-electron chi connectivity index (χ2n) is 7.15. The largest absolute Gasteiger partial charge is 0.417 e. The number of para-hydroxylation sites is 1. The Morgan fingerprint density at radius 3 is 2.40 bits per heavy atom. The molecule has 0 aliphatic heterocycles. The number of hydrogen-bond acceptors (Lipinski definition) is 5. The second kappa shape index (κ2) is 10.7. The summed E-state index contributed by atoms with van der Waals surface area (Å²) in [5, 5.41) is 13.2. The van der Waals surface area contributed by atoms with Crippen LogP contribution in [0.1, 0.15) is 11.1 Å². The molecule has 0 aliphatic rings. The third kappa shape index (κ3) is 6.09. The van der Waals surface area contributed by atoms with Crippen LogP contribution in [-0.2, 0) is 11.0 Å². The van der Waals surface area contributed by atoms with E-state index in [-0.39, 0.29) is 11.3 Å². The van der Waals surface area contributed by atoms with Crippen molar-refractivity contribution in [3.63, 3.8) is 0 Å². The number of aromatic nitrogens is 3. The molecule has 4 aromatic rings. The van der Waals surface area contributed by atoms with Crippen LogP contribution in [0.15, 0.2) is 89.1 Å². The molecule has 1 amide bonds. The van der Waals surface area contributed by atoms with Crippen molar-refractivity contribution in [2.75, 3.05) is 5.75 Å². The Morgan fingerprint density at radius 2 is 1.69 bits per heavy atom. The maximum atomic E-state index is 13.1. The van der Waals surface area contributed by atoms with E-state index in [1.54, 1.807) is 12.1 Å². The van der Waals surface area contributed by atoms with Gasteiger partial charge in [-0.15, -0.1) is 10.2 Å². The number of rotatable bonds is 7. The summed E-state index contributed by atoms with van der Waals surface area (Å²) >= 11 is 7.12. The lowest BCUT2D eigenvalue weighted by Gasteiger charge is -2.10. The van der Waals surface area contributed by atoms with E-state index < -0.39 is 17.6 Å². The Balaban J connectivity index is 1.49. The van der Waals surface area contributed by atoms with Gasteiger partial charge in [-0.2, -0.15) is 18.3 Å². The molecule has 6 nitrogen and oxygen atoms in total. The topological polar surface area (TPSA) is 72.2 Å². The Labute approximate surface area is 207 Å². The number of benzene rings is 3. The van der Waals surface area contributed by atoms with Gasteiger partial charge in [-0.05, 0) is 42.5 Å². The molecule has 0 spiro atoms. The van der Waals surface area contributed by atoms with Crippen molar-refractivity contribution in [2.24, 2.45) is 5.10 Å². The van der Waals surface area contributed by atoms with Gasteiger partial charge in [0.15, 0.2) is 11.0 Å². The smallest absolute Gasteiger partial charge is 0.272 e. The van der Waals surface area contributed by atoms with Crippen molar-refractivity contribution in [3.8, 4) is 17.1 Å². The predicted molar refractivity (Wildman–Crippen MR) is 130 cm³/mol. The molecular formula is C24H17ClF3N5OS. The molecule has 178 valence electrons. The van der Waals surface area contributed by atoms with Crippen molar-refractivity contribution >= 4 is 35.5 Å². The summed E-state index contributed by atoms with van der Waals surface area (Å²) in [5.74, 6) is -0.0203. The molecule has 3 aromatic carbocycles. The Morgan fingerprint density at radius 1 is 1.00 bits per heavy atom. The molecule has 1 N–H and O–H groups in total. The van der Waals surface area contributed by atoms with Crippen LogP contribution in [0, 0.1) is 0 Å². The highest BCUT2D eigenvalue weighted by atomic mass is 35.5. The minimum atomic E-state index is -4.52. The molecule has 0 radical (unpaired) electrons. The number of alkyl halides is 3. The number of carbonyl (C=O) groups excluding carboxylic acids is 1. The number of thioether (sulfide) groups is 1. The van der Waals surface area contributed by atoms with Crippen LogP contribution in [0.4, 0.5) is 13.2 Å². The van der Waals surface area contributed by atoms with Gasteiger partial charge in [0.2, 0.25) is 0 Å². The van der Waals surface area contributed by atoms with Crippen LogP contribution in [0.2, 0.25) is 5.02 Å². The van der Waals surface area contributed by atoms with E-state index in [1.165, 1.54) is 18.2 Å². The molecule has 0 fully saturated rings. The zero-order valence-corrected chi connectivity index (χ0v) is 19.5. The van der Waals surface area contributed by atoms with E-state index in [4.69, 9.17) is 11.6 Å². The number of nitrogens with zero attached hydrogens (tertiary/aromatic N) is 4. The monoisotopic (exact) mass is 515 g/mol. The normalized spacial score (nSPS) is 11.7. The molecule has 0 bridgehead atoms. The summed E-state index contributed by atoms with van der Waals surface area (Å²) in [7, 11) is 0. The van der Waals surface area contributed by atoms with E-state index in [9.17, 15) is 18.0 Å². The number of carbonyl (C=O) groups is 1. The first kappa shape index (κ1) is 24.5. The number of hydrazone groups is 1. The van der Waals surface area contributed by atoms with Crippen LogP contribution >= 0.6 is 23.4 Å². The van der Waals surface area contributed by atoms with Gasteiger partial charge in [0.25, 0.3) is 5.91 Å². The molecule has 0 atom stereocenters. The van der Waals surface area contributed by atoms with Crippen molar-refractivity contribution < 1.29 is 18.0 Å². The van der Waals surface area contributed by atoms with Gasteiger partial charge >= 0.3 is 6.18 Å². The standard InChI is InChI=1S/C24H17ClF3N5OS/c25-18-12-10-16(11-13-18)22-31-32-23(33(22)19-7-2-1-3-8-19)35-15-21(34)30-29-14-17-6-4-5-9-20(17)24(26,27)28/h1-14H,15H2,(H,30,34). The fourth-order valence-electron chi connectivity index (χ4n) is 3.16. The van der Waals surface area contributed by atoms with Crippen LogP contribution in [0.25, 0.3) is 17.1 Å². The first-order valence-electron chi connectivity index (χ1n) is 10.2. The Bertz CT molecular complexity index is 1340. The average molecular weight is 516 g/mol. The van der Waals surface area contributed by atoms with Crippen molar-refractivity contribution in [3.05, 3.63) is 95.0 Å². The molecule has 0 saturated heterocycles. The zero-order valence-electron chi connectivity index (χ0n) is 17.9. The first-order chi connectivity index (χ1) is 16.8. The Kier molecular flexibility index (Phi) is 7.52. The van der Waals surface area contributed by atoms with Gasteiger partial charge in [0.1, 0.15) is 0 Å². The van der Waals surface area contributed by atoms with Gasteiger partial charge in [0, 0.05) is 21.8 Å². The predicted octanol–water partition coefficient (Wildman–Crippen LogP) is 5.85. The third-order valence-corrected chi connectivity index (χ3v) is 5.92. The maximum Gasteiger partial charge on any atom is 0.417 e. The Hall–Kier alpha value is -3.63. The van der Waals surface area contributed by atoms with E-state index in [0.717, 1.165) is 35.3 Å². The molecule has 0 saturated carbocycles. The van der Waals surface area contributed by atoms with Crippen LogP contribution in [0.5, 0.6) is 0 Å². The van der Waals surface area contributed by atoms with Gasteiger partial charge in [-0.1, -0.05) is 59.8 Å². The quantitative estimate of drug-likeness (QED) is 0.190. The highest BCUT2D eigenvalue weighted by Crippen LogP contribution is 2.31. The van der Waals surface area contributed by atoms with Crippen molar-refractivity contribution in [1.82, 2.24) is 20.2 Å². The summed E-state index contributed by atoms with van der Waals surface area (Å²) in [6, 6.07) is 21.5. The zero-order chi connectivity index (χ0) is 24.8. The molecule has 4 rings (SSSR count). The van der Waals surface area contributed by atoms with Crippen molar-refractivity contribution in [1.29, 1.82) is 0 Å². The fraction of sp³-hybridized carbons (Fsp3) is 0.0833. The summed E-state index contributed by atoms with van der Waals surface area (Å²) in [6.45, 7) is 0. The summed E-state index contributed by atoms with van der Waals surface area (Å²) in [4.78, 5) is 12.3. The number of nitrogens with one attached hydrogen (secondary N) is 1. The summed E-state index contributed by atoms with van der Waals surface area (Å²) < 4.78 is 41.1. The van der Waals surface area contributed by atoms with Gasteiger partial charge in [0.05, 0.1) is 17.5 Å². The number of halogens is 4. The van der Waals surface area contributed by atoms with E-state index in [2.05, 4.69) is 20.7 Å².